The summed E-state index contributed by atoms with van der Waals surface area (Å²) in [4.78, 5) is 41.4. The number of benzene rings is 2. The number of hydrogen-bond donors (Lipinski definition) is 0. The molecule has 4 aromatic rings. The van der Waals surface area contributed by atoms with Gasteiger partial charge in [0.2, 0.25) is 0 Å². The maximum atomic E-state index is 12.7. The SMILES string of the molecule is CCOC(=O)n1c(-c2ccc(OC(=O)c3cccnc3)cc2)cc(=O)c2ccccc21. The van der Waals surface area contributed by atoms with E-state index in [-0.39, 0.29) is 12.0 Å². The molecule has 0 atom stereocenters. The molecule has 2 aromatic carbocycles. The molecule has 0 bridgehead atoms. The highest BCUT2D eigenvalue weighted by Gasteiger charge is 2.17. The lowest BCUT2D eigenvalue weighted by atomic mass is 10.1. The predicted molar refractivity (Wildman–Crippen MR) is 115 cm³/mol. The van der Waals surface area contributed by atoms with Gasteiger partial charge in [-0.3, -0.25) is 9.78 Å². The highest BCUT2D eigenvalue weighted by atomic mass is 16.5. The Bertz CT molecular complexity index is 1310. The average Bonchev–Trinajstić information content (AvgIpc) is 2.80. The molecule has 31 heavy (non-hydrogen) atoms. The molecule has 154 valence electrons. The zero-order valence-corrected chi connectivity index (χ0v) is 16.6. The van der Waals surface area contributed by atoms with E-state index in [4.69, 9.17) is 9.47 Å². The number of para-hydroxylation sites is 1. The molecular weight excluding hydrogens is 396 g/mol. The number of carbonyl (C=O) groups is 2. The molecule has 4 rings (SSSR count). The number of hydrogen-bond acceptors (Lipinski definition) is 6. The first-order valence-corrected chi connectivity index (χ1v) is 9.63. The molecule has 0 aliphatic heterocycles. The van der Waals surface area contributed by atoms with Crippen LogP contribution in [0.3, 0.4) is 0 Å². The molecule has 0 N–H and O–H groups in total. The van der Waals surface area contributed by atoms with E-state index >= 15 is 0 Å². The van der Waals surface area contributed by atoms with Crippen LogP contribution in [0.15, 0.2) is 83.9 Å². The Morgan fingerprint density at radius 3 is 2.48 bits per heavy atom. The Balaban J connectivity index is 1.73. The maximum absolute atomic E-state index is 12.7. The minimum Gasteiger partial charge on any atom is -0.449 e. The van der Waals surface area contributed by atoms with E-state index in [1.807, 2.05) is 0 Å². The Kier molecular flexibility index (Phi) is 5.57. The van der Waals surface area contributed by atoms with Crippen molar-refractivity contribution in [3.8, 4) is 17.0 Å². The summed E-state index contributed by atoms with van der Waals surface area (Å²) in [6, 6.07) is 18.0. The van der Waals surface area contributed by atoms with Crippen LogP contribution in [0, 0.1) is 0 Å². The van der Waals surface area contributed by atoms with Gasteiger partial charge in [-0.25, -0.2) is 14.2 Å². The number of pyridine rings is 2. The third-order valence-corrected chi connectivity index (χ3v) is 4.63. The summed E-state index contributed by atoms with van der Waals surface area (Å²) in [7, 11) is 0. The first-order valence-electron chi connectivity index (χ1n) is 9.63. The molecule has 0 fully saturated rings. The fraction of sp³-hybridized carbons (Fsp3) is 0.0833. The molecule has 0 saturated heterocycles. The maximum Gasteiger partial charge on any atom is 0.418 e. The Hall–Kier alpha value is -4.26. The largest absolute Gasteiger partial charge is 0.449 e. The van der Waals surface area contributed by atoms with Gasteiger partial charge in [-0.2, -0.15) is 0 Å². The number of aromatic nitrogens is 2. The van der Waals surface area contributed by atoms with Gasteiger partial charge < -0.3 is 9.47 Å². The van der Waals surface area contributed by atoms with Crippen molar-refractivity contribution >= 4 is 23.0 Å². The standard InChI is InChI=1S/C24H18N2O5/c1-2-30-24(29)26-20-8-4-3-7-19(20)22(27)14-21(26)16-9-11-18(12-10-16)31-23(28)17-6-5-13-25-15-17/h3-15H,2H2,1H3. The van der Waals surface area contributed by atoms with Crippen LogP contribution in [0.5, 0.6) is 5.75 Å². The van der Waals surface area contributed by atoms with Crippen molar-refractivity contribution in [3.63, 3.8) is 0 Å². The molecule has 0 aliphatic carbocycles. The summed E-state index contributed by atoms with van der Waals surface area (Å²) in [6.45, 7) is 1.91. The van der Waals surface area contributed by atoms with Crippen LogP contribution in [0.25, 0.3) is 22.2 Å². The van der Waals surface area contributed by atoms with Crippen LogP contribution in [-0.4, -0.2) is 28.2 Å². The number of ether oxygens (including phenoxy) is 2. The van der Waals surface area contributed by atoms with Gasteiger partial charge in [0.15, 0.2) is 5.43 Å². The van der Waals surface area contributed by atoms with Crippen LogP contribution in [0.4, 0.5) is 4.79 Å². The average molecular weight is 414 g/mol. The summed E-state index contributed by atoms with van der Waals surface area (Å²) in [5, 5.41) is 0.418. The van der Waals surface area contributed by atoms with Crippen LogP contribution in [0.2, 0.25) is 0 Å². The molecule has 0 radical (unpaired) electrons. The van der Waals surface area contributed by atoms with Crippen molar-refractivity contribution in [2.24, 2.45) is 0 Å². The van der Waals surface area contributed by atoms with E-state index in [1.165, 1.54) is 16.8 Å². The lowest BCUT2D eigenvalue weighted by Crippen LogP contribution is -2.20. The molecule has 0 saturated carbocycles. The lowest BCUT2D eigenvalue weighted by molar-refractivity contribution is 0.0734. The number of nitrogens with zero attached hydrogens (tertiary/aromatic N) is 2. The van der Waals surface area contributed by atoms with E-state index in [1.54, 1.807) is 73.8 Å². The smallest absolute Gasteiger partial charge is 0.418 e. The molecule has 0 spiro atoms. The van der Waals surface area contributed by atoms with Crippen molar-refractivity contribution in [1.29, 1.82) is 0 Å². The Morgan fingerprint density at radius 2 is 1.77 bits per heavy atom. The molecule has 7 nitrogen and oxygen atoms in total. The summed E-state index contributed by atoms with van der Waals surface area (Å²) in [5.41, 5.74) is 1.55. The van der Waals surface area contributed by atoms with Gasteiger partial charge >= 0.3 is 12.1 Å². The molecule has 2 aromatic heterocycles. The second kappa shape index (κ2) is 8.62. The monoisotopic (exact) mass is 414 g/mol. The van der Waals surface area contributed by atoms with E-state index in [9.17, 15) is 14.4 Å². The minimum absolute atomic E-state index is 0.196. The van der Waals surface area contributed by atoms with Gasteiger partial charge in [-0.1, -0.05) is 12.1 Å². The van der Waals surface area contributed by atoms with E-state index < -0.39 is 12.1 Å². The summed E-state index contributed by atoms with van der Waals surface area (Å²) in [5.74, 6) is -0.210. The van der Waals surface area contributed by atoms with Gasteiger partial charge in [0.25, 0.3) is 0 Å². The molecule has 2 heterocycles. The van der Waals surface area contributed by atoms with Crippen LogP contribution in [0.1, 0.15) is 17.3 Å². The summed E-state index contributed by atoms with van der Waals surface area (Å²) in [6.07, 6.45) is 2.41. The van der Waals surface area contributed by atoms with Gasteiger partial charge in [0.1, 0.15) is 5.75 Å². The lowest BCUT2D eigenvalue weighted by Gasteiger charge is -2.15. The van der Waals surface area contributed by atoms with Gasteiger partial charge in [-0.05, 0) is 61.0 Å². The highest BCUT2D eigenvalue weighted by molar-refractivity contribution is 5.93. The second-order valence-corrected chi connectivity index (χ2v) is 6.60. The summed E-state index contributed by atoms with van der Waals surface area (Å²) >= 11 is 0. The second-order valence-electron chi connectivity index (χ2n) is 6.60. The van der Waals surface area contributed by atoms with Crippen molar-refractivity contribution in [3.05, 3.63) is 94.9 Å². The van der Waals surface area contributed by atoms with Crippen molar-refractivity contribution < 1.29 is 19.1 Å². The molecule has 0 amide bonds. The van der Waals surface area contributed by atoms with Gasteiger partial charge in [0, 0.05) is 23.8 Å². The first-order chi connectivity index (χ1) is 15.1. The quantitative estimate of drug-likeness (QED) is 0.366. The van der Waals surface area contributed by atoms with Crippen LogP contribution in [-0.2, 0) is 4.74 Å². The van der Waals surface area contributed by atoms with Crippen LogP contribution < -0.4 is 10.2 Å². The molecule has 0 aliphatic rings. The predicted octanol–water partition coefficient (Wildman–Crippen LogP) is 4.29. The minimum atomic E-state index is -0.583. The van der Waals surface area contributed by atoms with E-state index in [0.717, 1.165) is 0 Å². The fourth-order valence-electron chi connectivity index (χ4n) is 3.21. The highest BCUT2D eigenvalue weighted by Crippen LogP contribution is 2.25. The number of fused-ring (bicyclic) bond motifs is 1. The van der Waals surface area contributed by atoms with E-state index in [0.29, 0.717) is 33.5 Å². The van der Waals surface area contributed by atoms with Gasteiger partial charge in [-0.15, -0.1) is 0 Å². The molecule has 7 heteroatoms. The van der Waals surface area contributed by atoms with Crippen LogP contribution >= 0.6 is 0 Å². The number of esters is 1. The van der Waals surface area contributed by atoms with Crippen molar-refractivity contribution in [2.45, 2.75) is 6.92 Å². The summed E-state index contributed by atoms with van der Waals surface area (Å²) < 4.78 is 11.9. The van der Waals surface area contributed by atoms with Gasteiger partial charge in [0.05, 0.1) is 23.4 Å². The normalized spacial score (nSPS) is 10.6. The fourth-order valence-corrected chi connectivity index (χ4v) is 3.21. The zero-order chi connectivity index (χ0) is 21.8. The zero-order valence-electron chi connectivity index (χ0n) is 16.6. The Morgan fingerprint density at radius 1 is 1.00 bits per heavy atom. The molecule has 0 unspecified atom stereocenters. The topological polar surface area (TPSA) is 87.5 Å². The first kappa shape index (κ1) is 20.0. The Labute approximate surface area is 177 Å². The van der Waals surface area contributed by atoms with E-state index in [2.05, 4.69) is 4.98 Å². The third-order valence-electron chi connectivity index (χ3n) is 4.63. The number of carbonyl (C=O) groups excluding carboxylic acids is 2. The third kappa shape index (κ3) is 4.06. The molecular formula is C24H18N2O5. The van der Waals surface area contributed by atoms with Crippen molar-refractivity contribution in [1.82, 2.24) is 9.55 Å². The number of rotatable bonds is 4. The van der Waals surface area contributed by atoms with Crippen molar-refractivity contribution in [2.75, 3.05) is 6.61 Å².